The number of carbonyl (C=O) groups excluding carboxylic acids is 1. The average molecular weight is 1090 g/mol. The number of alkyl halides is 3. The van der Waals surface area contributed by atoms with E-state index in [1.54, 1.807) is 32.0 Å². The maximum Gasteiger partial charge on any atom is 0.501 e. The van der Waals surface area contributed by atoms with Crippen molar-refractivity contribution in [2.75, 3.05) is 81.7 Å². The minimum absolute atomic E-state index is 0.0398. The second kappa shape index (κ2) is 24.3. The lowest BCUT2D eigenvalue weighted by atomic mass is 9.70. The Morgan fingerprint density at radius 3 is 2.10 bits per heavy atom. The Hall–Kier alpha value is -4.47. The van der Waals surface area contributed by atoms with Crippen molar-refractivity contribution in [2.45, 2.75) is 64.8 Å². The minimum Gasteiger partial charge on any atom is -0.380 e. The molecule has 2 aliphatic heterocycles. The van der Waals surface area contributed by atoms with Crippen LogP contribution in [0.25, 0.3) is 11.1 Å². The highest BCUT2D eigenvalue weighted by atomic mass is 35.5. The van der Waals surface area contributed by atoms with Gasteiger partial charge in [-0.05, 0) is 110 Å². The van der Waals surface area contributed by atoms with E-state index < -0.39 is 66.0 Å². The fourth-order valence-corrected chi connectivity index (χ4v) is 13.4. The van der Waals surface area contributed by atoms with Crippen molar-refractivity contribution in [1.82, 2.24) is 9.62 Å². The number of ether oxygens (including phenoxy) is 1. The van der Waals surface area contributed by atoms with E-state index in [1.807, 2.05) is 77.5 Å². The highest BCUT2D eigenvalue weighted by Gasteiger charge is 2.49. The highest BCUT2D eigenvalue weighted by Crippen LogP contribution is 2.53. The summed E-state index contributed by atoms with van der Waals surface area (Å²) in [5.74, 6) is -0.755. The number of halogens is 4. The predicted octanol–water partition coefficient (Wildman–Crippen LogP) is 10.5. The number of rotatable bonds is 22. The van der Waals surface area contributed by atoms with E-state index in [-0.39, 0.29) is 25.4 Å². The van der Waals surface area contributed by atoms with Gasteiger partial charge in [0, 0.05) is 71.1 Å². The number of sulfone groups is 1. The van der Waals surface area contributed by atoms with Crippen LogP contribution in [0.4, 0.5) is 24.5 Å². The third-order valence-corrected chi connectivity index (χ3v) is 18.4. The van der Waals surface area contributed by atoms with Crippen LogP contribution in [0.15, 0.2) is 136 Å². The van der Waals surface area contributed by atoms with Crippen molar-refractivity contribution in [3.63, 3.8) is 0 Å². The smallest absolute Gasteiger partial charge is 0.380 e. The van der Waals surface area contributed by atoms with Gasteiger partial charge in [-0.25, -0.2) is 26.1 Å². The number of piperidine rings is 1. The maximum atomic E-state index is 14.3. The lowest BCUT2D eigenvalue weighted by molar-refractivity contribution is -0.0436. The van der Waals surface area contributed by atoms with E-state index in [4.69, 9.17) is 29.9 Å². The number of carbonyl (C=O) groups is 1. The van der Waals surface area contributed by atoms with Crippen LogP contribution in [0.3, 0.4) is 0 Å². The molecule has 5 aromatic carbocycles. The van der Waals surface area contributed by atoms with Gasteiger partial charge in [0.15, 0.2) is 0 Å². The molecule has 0 bridgehead atoms. The van der Waals surface area contributed by atoms with E-state index in [2.05, 4.69) is 15.1 Å². The van der Waals surface area contributed by atoms with Crippen molar-refractivity contribution < 1.29 is 57.7 Å². The van der Waals surface area contributed by atoms with Crippen LogP contribution in [0, 0.1) is 0 Å². The average Bonchev–Trinajstić information content (AvgIpc) is 3.37. The second-order valence-corrected chi connectivity index (χ2v) is 23.9. The first-order valence-corrected chi connectivity index (χ1v) is 29.2. The largest absolute Gasteiger partial charge is 0.501 e. The number of anilines is 2. The third kappa shape index (κ3) is 13.6. The zero-order valence-electron chi connectivity index (χ0n) is 39.7. The summed E-state index contributed by atoms with van der Waals surface area (Å²) in [5, 5.41) is 3.49. The fourth-order valence-electron chi connectivity index (χ4n) is 8.70. The minimum atomic E-state index is -6.10. The molecule has 1 amide bonds. The molecular formula is C50H57ClF3N4O10PS3. The molecule has 2 fully saturated rings. The van der Waals surface area contributed by atoms with Gasteiger partial charge in [0.2, 0.25) is 0 Å². The summed E-state index contributed by atoms with van der Waals surface area (Å²) >= 11 is 8.46. The molecule has 22 heteroatoms. The molecule has 388 valence electrons. The molecule has 2 heterocycles. The van der Waals surface area contributed by atoms with Gasteiger partial charge in [0.1, 0.15) is 4.90 Å². The Balaban J connectivity index is 1.09. The SMILES string of the molecule is CCOP(=O)(OCC)OCC1(c2c(Cl)cccc2-c2ccccc2)CCN(c2ccc(C(=O)NS(=O)(=O)c3ccc(N[C@H](CCN4CCOCC4)CSc4ccccc4)c(S(=O)(=O)C(F)(F)F)c3)cc2)CC1. The number of amides is 1. The topological polar surface area (TPSA) is 170 Å². The summed E-state index contributed by atoms with van der Waals surface area (Å²) in [6, 6.07) is 32.6. The molecule has 7 rings (SSSR count). The molecule has 0 aliphatic carbocycles. The van der Waals surface area contributed by atoms with Gasteiger partial charge in [0.05, 0.1) is 43.6 Å². The van der Waals surface area contributed by atoms with Crippen LogP contribution in [0.5, 0.6) is 0 Å². The van der Waals surface area contributed by atoms with Crippen molar-refractivity contribution in [3.05, 3.63) is 137 Å². The Bertz CT molecular complexity index is 2890. The van der Waals surface area contributed by atoms with Crippen LogP contribution >= 0.6 is 31.2 Å². The number of nitrogens with zero attached hydrogens (tertiary/aromatic N) is 2. The molecular weight excluding hydrogens is 1040 g/mol. The van der Waals surface area contributed by atoms with Gasteiger partial charge in [-0.3, -0.25) is 23.3 Å². The zero-order valence-corrected chi connectivity index (χ0v) is 43.8. The molecule has 5 aromatic rings. The van der Waals surface area contributed by atoms with Crippen molar-refractivity contribution in [2.24, 2.45) is 0 Å². The number of thioether (sulfide) groups is 1. The standard InChI is InChI=1S/C50H57ClF3N4O10PS3/c1-3-66-69(60,67-4-2)68-36-49(47-43(16-11-17-44(47)51)37-12-7-5-8-13-37)25-28-58(29-26-49)40-20-18-38(19-21-40)48(59)56-72(63,64)42-22-23-45(46(34-42)71(61,62)50(52,53)54)55-39(24-27-57-30-32-65-33-31-57)35-70-41-14-9-6-10-15-41/h5-23,34,39,55H,3-4,24-33,35-36H2,1-2H3,(H,56,59)/t39-/m1/s1. The van der Waals surface area contributed by atoms with Gasteiger partial charge in [-0.2, -0.15) is 13.2 Å². The molecule has 1 atom stereocenters. The first-order chi connectivity index (χ1) is 34.4. The van der Waals surface area contributed by atoms with Gasteiger partial charge in [-0.15, -0.1) is 11.8 Å². The van der Waals surface area contributed by atoms with Crippen molar-refractivity contribution >= 4 is 68.3 Å². The quantitative estimate of drug-likeness (QED) is 0.0496. The number of nitrogens with one attached hydrogen (secondary N) is 2. The van der Waals surface area contributed by atoms with Crippen LogP contribution in [0.2, 0.25) is 5.02 Å². The third-order valence-electron chi connectivity index (χ3n) is 12.5. The Labute approximate surface area is 428 Å². The van der Waals surface area contributed by atoms with Crippen LogP contribution in [0.1, 0.15) is 49.0 Å². The Morgan fingerprint density at radius 2 is 1.47 bits per heavy atom. The number of morpholine rings is 1. The molecule has 14 nitrogen and oxygen atoms in total. The summed E-state index contributed by atoms with van der Waals surface area (Å²) in [6.07, 6.45) is 1.36. The first kappa shape index (κ1) is 55.3. The molecule has 2 N–H and O–H groups in total. The number of benzene rings is 5. The monoisotopic (exact) mass is 1090 g/mol. The fraction of sp³-hybridized carbons (Fsp3) is 0.380. The molecule has 0 saturated carbocycles. The van der Waals surface area contributed by atoms with E-state index in [1.165, 1.54) is 23.9 Å². The highest BCUT2D eigenvalue weighted by molar-refractivity contribution is 7.99. The van der Waals surface area contributed by atoms with E-state index in [9.17, 15) is 39.4 Å². The summed E-state index contributed by atoms with van der Waals surface area (Å²) in [7, 11) is -15.0. The molecule has 0 radical (unpaired) electrons. The molecule has 0 unspecified atom stereocenters. The number of phosphoric acid groups is 1. The van der Waals surface area contributed by atoms with E-state index in [0.717, 1.165) is 33.7 Å². The molecule has 72 heavy (non-hydrogen) atoms. The van der Waals surface area contributed by atoms with Gasteiger partial charge in [-0.1, -0.05) is 72.3 Å². The van der Waals surface area contributed by atoms with Crippen molar-refractivity contribution in [1.29, 1.82) is 0 Å². The number of sulfonamides is 1. The lowest BCUT2D eigenvalue weighted by Gasteiger charge is -2.44. The molecule has 2 saturated heterocycles. The summed E-state index contributed by atoms with van der Waals surface area (Å²) in [6.45, 7) is 7.36. The number of phosphoric ester groups is 1. The number of hydrogen-bond acceptors (Lipinski definition) is 14. The second-order valence-electron chi connectivity index (χ2n) is 17.1. The van der Waals surface area contributed by atoms with E-state index >= 15 is 0 Å². The summed E-state index contributed by atoms with van der Waals surface area (Å²) in [4.78, 5) is 16.5. The maximum absolute atomic E-state index is 14.3. The Kier molecular flexibility index (Phi) is 18.6. The zero-order chi connectivity index (χ0) is 51.6. The summed E-state index contributed by atoms with van der Waals surface area (Å²) in [5.41, 5.74) is -3.74. The predicted molar refractivity (Wildman–Crippen MR) is 274 cm³/mol. The normalized spacial score (nSPS) is 16.3. The van der Waals surface area contributed by atoms with Gasteiger partial charge >= 0.3 is 13.3 Å². The molecule has 0 spiro atoms. The summed E-state index contributed by atoms with van der Waals surface area (Å²) < 4.78 is 135. The van der Waals surface area contributed by atoms with Gasteiger partial charge in [0.25, 0.3) is 25.8 Å². The number of hydrogen-bond donors (Lipinski definition) is 2. The molecule has 2 aliphatic rings. The van der Waals surface area contributed by atoms with Crippen molar-refractivity contribution in [3.8, 4) is 11.1 Å². The Morgan fingerprint density at radius 1 is 0.833 bits per heavy atom. The van der Waals surface area contributed by atoms with Crippen LogP contribution < -0.4 is 14.9 Å². The van der Waals surface area contributed by atoms with Crippen LogP contribution in [-0.4, -0.2) is 111 Å². The molecule has 0 aromatic heterocycles. The first-order valence-electron chi connectivity index (χ1n) is 23.4. The van der Waals surface area contributed by atoms with Gasteiger partial charge < -0.3 is 15.0 Å². The lowest BCUT2D eigenvalue weighted by Crippen LogP contribution is -2.45. The van der Waals surface area contributed by atoms with Crippen LogP contribution in [-0.2, 0) is 48.1 Å². The van der Waals surface area contributed by atoms with E-state index in [0.29, 0.717) is 87.7 Å².